The minimum absolute atomic E-state index is 0. The molecule has 2 fully saturated rings. The highest BCUT2D eigenvalue weighted by molar-refractivity contribution is 6.31. The number of benzene rings is 1. The van der Waals surface area contributed by atoms with Gasteiger partial charge in [0.1, 0.15) is 6.10 Å². The number of carbonyl (C=O) groups is 1. The number of nitrogens with one attached hydrogen (secondary N) is 2. The van der Waals surface area contributed by atoms with Gasteiger partial charge in [-0.05, 0) is 44.5 Å². The molecule has 140 valence electrons. The smallest absolute Gasteiger partial charge is 0.224 e. The van der Waals surface area contributed by atoms with Crippen molar-refractivity contribution in [1.82, 2.24) is 10.6 Å². The summed E-state index contributed by atoms with van der Waals surface area (Å²) in [4.78, 5) is 12.5. The number of rotatable bonds is 3. The van der Waals surface area contributed by atoms with Gasteiger partial charge < -0.3 is 20.5 Å². The molecule has 0 radical (unpaired) electrons. The highest BCUT2D eigenvalue weighted by atomic mass is 35.5. The van der Waals surface area contributed by atoms with Crippen molar-refractivity contribution in [3.05, 3.63) is 34.9 Å². The van der Waals surface area contributed by atoms with Gasteiger partial charge in [0.15, 0.2) is 0 Å². The topological polar surface area (TPSA) is 70.6 Å². The van der Waals surface area contributed by atoms with E-state index in [0.717, 1.165) is 31.5 Å². The van der Waals surface area contributed by atoms with E-state index in [1.807, 2.05) is 25.1 Å². The number of hydrogen-bond donors (Lipinski definition) is 3. The Morgan fingerprint density at radius 3 is 2.76 bits per heavy atom. The molecule has 3 N–H and O–H groups in total. The standard InChI is InChI=1S/C18H25ClN2O3.ClH/c1-17(21-16(23)10-13-4-2-3-5-14(13)19)12-18(24-11-15(17)22)6-8-20-9-7-18;/h2-5,15,20,22H,6-12H2,1H3,(H,21,23);1H/t15-,17-;/m0./s1. The number of amides is 1. The van der Waals surface area contributed by atoms with Crippen LogP contribution in [0.15, 0.2) is 24.3 Å². The quantitative estimate of drug-likeness (QED) is 0.741. The van der Waals surface area contributed by atoms with E-state index in [0.29, 0.717) is 11.4 Å². The summed E-state index contributed by atoms with van der Waals surface area (Å²) in [5.74, 6) is -0.129. The molecule has 0 aliphatic carbocycles. The summed E-state index contributed by atoms with van der Waals surface area (Å²) in [5, 5.41) is 17.4. The summed E-state index contributed by atoms with van der Waals surface area (Å²) in [6.45, 7) is 3.97. The molecule has 25 heavy (non-hydrogen) atoms. The molecule has 1 spiro atoms. The van der Waals surface area contributed by atoms with Crippen LogP contribution in [0, 0.1) is 0 Å². The second kappa shape index (κ2) is 8.23. The monoisotopic (exact) mass is 388 g/mol. The van der Waals surface area contributed by atoms with E-state index < -0.39 is 11.6 Å². The van der Waals surface area contributed by atoms with Gasteiger partial charge in [0.05, 0.1) is 24.2 Å². The van der Waals surface area contributed by atoms with Gasteiger partial charge in [-0.3, -0.25) is 4.79 Å². The van der Waals surface area contributed by atoms with Gasteiger partial charge in [-0.25, -0.2) is 0 Å². The maximum absolute atomic E-state index is 12.5. The first kappa shape index (κ1) is 20.5. The molecule has 0 aromatic heterocycles. The third kappa shape index (κ3) is 4.66. The number of aliphatic hydroxyl groups excluding tert-OH is 1. The SMILES string of the molecule is C[C@]1(NC(=O)Cc2ccccc2Cl)CC2(CCNCC2)OC[C@@H]1O.Cl. The summed E-state index contributed by atoms with van der Waals surface area (Å²) in [5.41, 5.74) is -0.149. The van der Waals surface area contributed by atoms with Crippen LogP contribution in [0.3, 0.4) is 0 Å². The van der Waals surface area contributed by atoms with Crippen molar-refractivity contribution in [2.45, 2.75) is 49.9 Å². The minimum atomic E-state index is -0.715. The van der Waals surface area contributed by atoms with Crippen molar-refractivity contribution in [3.63, 3.8) is 0 Å². The Kier molecular flexibility index (Phi) is 6.74. The van der Waals surface area contributed by atoms with Gasteiger partial charge in [-0.2, -0.15) is 0 Å². The van der Waals surface area contributed by atoms with Gasteiger partial charge in [-0.1, -0.05) is 29.8 Å². The largest absolute Gasteiger partial charge is 0.388 e. The van der Waals surface area contributed by atoms with Gasteiger partial charge in [0, 0.05) is 11.4 Å². The number of halogens is 2. The lowest BCUT2D eigenvalue weighted by atomic mass is 9.75. The van der Waals surface area contributed by atoms with E-state index in [4.69, 9.17) is 16.3 Å². The highest BCUT2D eigenvalue weighted by Gasteiger charge is 2.49. The third-order valence-corrected chi connectivity index (χ3v) is 5.59. The summed E-state index contributed by atoms with van der Waals surface area (Å²) >= 11 is 6.13. The fourth-order valence-electron chi connectivity index (χ4n) is 3.79. The molecule has 2 saturated heterocycles. The Morgan fingerprint density at radius 2 is 2.08 bits per heavy atom. The van der Waals surface area contributed by atoms with E-state index in [2.05, 4.69) is 10.6 Å². The number of aliphatic hydroxyl groups is 1. The normalized spacial score (nSPS) is 28.2. The van der Waals surface area contributed by atoms with Crippen molar-refractivity contribution >= 4 is 29.9 Å². The van der Waals surface area contributed by atoms with E-state index >= 15 is 0 Å². The predicted octanol–water partition coefficient (Wildman–Crippen LogP) is 2.08. The lowest BCUT2D eigenvalue weighted by molar-refractivity contribution is -0.174. The van der Waals surface area contributed by atoms with Crippen LogP contribution in [0.4, 0.5) is 0 Å². The molecule has 2 heterocycles. The number of carbonyl (C=O) groups excluding carboxylic acids is 1. The summed E-state index contributed by atoms with van der Waals surface area (Å²) in [6.07, 6.45) is 1.91. The Bertz CT molecular complexity index is 608. The molecule has 7 heteroatoms. The molecule has 0 bridgehead atoms. The average molecular weight is 389 g/mol. The Hall–Kier alpha value is -0.850. The van der Waals surface area contributed by atoms with E-state index in [1.165, 1.54) is 0 Å². The van der Waals surface area contributed by atoms with Crippen molar-refractivity contribution in [2.24, 2.45) is 0 Å². The Morgan fingerprint density at radius 1 is 1.40 bits per heavy atom. The zero-order valence-corrected chi connectivity index (χ0v) is 16.0. The summed E-state index contributed by atoms with van der Waals surface area (Å²) < 4.78 is 5.97. The van der Waals surface area contributed by atoms with Gasteiger partial charge in [0.25, 0.3) is 0 Å². The average Bonchev–Trinajstić information content (AvgIpc) is 2.54. The van der Waals surface area contributed by atoms with Crippen LogP contribution in [0.1, 0.15) is 31.7 Å². The van der Waals surface area contributed by atoms with Gasteiger partial charge in [-0.15, -0.1) is 12.4 Å². The molecule has 2 aliphatic rings. The first-order valence-electron chi connectivity index (χ1n) is 8.50. The zero-order valence-electron chi connectivity index (χ0n) is 14.4. The molecule has 0 saturated carbocycles. The third-order valence-electron chi connectivity index (χ3n) is 5.22. The van der Waals surface area contributed by atoms with Crippen LogP contribution >= 0.6 is 24.0 Å². The molecular weight excluding hydrogens is 363 g/mol. The first-order valence-corrected chi connectivity index (χ1v) is 8.87. The first-order chi connectivity index (χ1) is 11.4. The summed E-state index contributed by atoms with van der Waals surface area (Å²) in [7, 11) is 0. The van der Waals surface area contributed by atoms with E-state index in [1.54, 1.807) is 6.07 Å². The van der Waals surface area contributed by atoms with Crippen LogP contribution in [-0.4, -0.2) is 48.0 Å². The van der Waals surface area contributed by atoms with Gasteiger partial charge >= 0.3 is 0 Å². The van der Waals surface area contributed by atoms with Crippen LogP contribution in [0.25, 0.3) is 0 Å². The molecule has 1 amide bonds. The van der Waals surface area contributed by atoms with Crippen molar-refractivity contribution < 1.29 is 14.6 Å². The Balaban J connectivity index is 0.00000225. The lowest BCUT2D eigenvalue weighted by Crippen LogP contribution is -2.65. The summed E-state index contributed by atoms with van der Waals surface area (Å²) in [6, 6.07) is 7.33. The molecule has 3 rings (SSSR count). The maximum atomic E-state index is 12.5. The number of hydrogen-bond acceptors (Lipinski definition) is 4. The zero-order chi connectivity index (χ0) is 17.2. The molecular formula is C18H26Cl2N2O3. The van der Waals surface area contributed by atoms with E-state index in [9.17, 15) is 9.90 Å². The van der Waals surface area contributed by atoms with Crippen LogP contribution in [0.5, 0.6) is 0 Å². The molecule has 2 aliphatic heterocycles. The maximum Gasteiger partial charge on any atom is 0.224 e. The molecule has 0 unspecified atom stereocenters. The number of piperidine rings is 1. The van der Waals surface area contributed by atoms with Crippen LogP contribution < -0.4 is 10.6 Å². The van der Waals surface area contributed by atoms with Crippen molar-refractivity contribution in [2.75, 3.05) is 19.7 Å². The highest BCUT2D eigenvalue weighted by Crippen LogP contribution is 2.38. The molecule has 2 atom stereocenters. The van der Waals surface area contributed by atoms with E-state index in [-0.39, 0.29) is 36.9 Å². The fourth-order valence-corrected chi connectivity index (χ4v) is 3.99. The predicted molar refractivity (Wildman–Crippen MR) is 100 cm³/mol. The second-order valence-electron chi connectivity index (χ2n) is 7.17. The van der Waals surface area contributed by atoms with Crippen LogP contribution in [0.2, 0.25) is 5.02 Å². The second-order valence-corrected chi connectivity index (χ2v) is 7.58. The molecule has 1 aromatic rings. The fraction of sp³-hybridized carbons (Fsp3) is 0.611. The molecule has 5 nitrogen and oxygen atoms in total. The van der Waals surface area contributed by atoms with Crippen molar-refractivity contribution in [3.8, 4) is 0 Å². The molecule has 1 aromatic carbocycles. The minimum Gasteiger partial charge on any atom is -0.388 e. The Labute approximate surface area is 159 Å². The number of ether oxygens (including phenoxy) is 1. The lowest BCUT2D eigenvalue weighted by Gasteiger charge is -2.50. The van der Waals surface area contributed by atoms with Gasteiger partial charge in [0.2, 0.25) is 5.91 Å². The van der Waals surface area contributed by atoms with Crippen molar-refractivity contribution in [1.29, 1.82) is 0 Å². The van der Waals surface area contributed by atoms with Crippen LogP contribution in [-0.2, 0) is 16.0 Å².